The monoisotopic (exact) mass is 334 g/mol. The van der Waals surface area contributed by atoms with E-state index in [0.29, 0.717) is 18.1 Å². The number of carbonyl (C=O) groups is 1. The highest BCUT2D eigenvalue weighted by atomic mass is 79.9. The van der Waals surface area contributed by atoms with Crippen LogP contribution < -0.4 is 10.6 Å². The van der Waals surface area contributed by atoms with Crippen molar-refractivity contribution in [2.24, 2.45) is 0 Å². The van der Waals surface area contributed by atoms with Crippen LogP contribution in [0.5, 0.6) is 0 Å². The lowest BCUT2D eigenvalue weighted by Gasteiger charge is -2.07. The lowest BCUT2D eigenvalue weighted by atomic mass is 10.3. The Bertz CT molecular complexity index is 603. The third-order valence-electron chi connectivity index (χ3n) is 2.53. The van der Waals surface area contributed by atoms with Gasteiger partial charge in [0.2, 0.25) is 0 Å². The zero-order valence-corrected chi connectivity index (χ0v) is 12.6. The molecule has 0 atom stereocenters. The predicted octanol–water partition coefficient (Wildman–Crippen LogP) is 3.12. The van der Waals surface area contributed by atoms with Crippen LogP contribution in [0, 0.1) is 0 Å². The minimum atomic E-state index is -0.188. The van der Waals surface area contributed by atoms with Crippen LogP contribution in [-0.2, 0) is 0 Å². The maximum absolute atomic E-state index is 11.8. The van der Waals surface area contributed by atoms with Gasteiger partial charge in [-0.25, -0.2) is 9.97 Å². The highest BCUT2D eigenvalue weighted by Gasteiger charge is 2.07. The van der Waals surface area contributed by atoms with E-state index in [1.807, 2.05) is 31.2 Å². The molecular formula is C14H15BrN4O. The molecular weight excluding hydrogens is 320 g/mol. The Balaban J connectivity index is 2.11. The fourth-order valence-electron chi connectivity index (χ4n) is 1.59. The van der Waals surface area contributed by atoms with Gasteiger partial charge >= 0.3 is 0 Å². The number of carbonyl (C=O) groups excluding carboxylic acids is 1. The van der Waals surface area contributed by atoms with Gasteiger partial charge in [-0.1, -0.05) is 28.9 Å². The maximum Gasteiger partial charge on any atom is 0.270 e. The number of nitrogens with one attached hydrogen (secondary N) is 2. The van der Waals surface area contributed by atoms with Crippen LogP contribution in [0.15, 0.2) is 41.1 Å². The van der Waals surface area contributed by atoms with Crippen LogP contribution in [0.2, 0.25) is 0 Å². The molecule has 20 heavy (non-hydrogen) atoms. The summed E-state index contributed by atoms with van der Waals surface area (Å²) in [4.78, 5) is 19.9. The van der Waals surface area contributed by atoms with E-state index >= 15 is 0 Å². The molecule has 1 amide bonds. The zero-order chi connectivity index (χ0) is 14.4. The van der Waals surface area contributed by atoms with E-state index in [2.05, 4.69) is 36.5 Å². The lowest BCUT2D eigenvalue weighted by molar-refractivity contribution is 0.0948. The summed E-state index contributed by atoms with van der Waals surface area (Å²) in [6.45, 7) is 2.64. The summed E-state index contributed by atoms with van der Waals surface area (Å²) < 4.78 is 0.970. The van der Waals surface area contributed by atoms with Gasteiger partial charge in [-0.15, -0.1) is 0 Å². The maximum atomic E-state index is 11.8. The number of anilines is 2. The first-order chi connectivity index (χ1) is 9.69. The molecule has 0 bridgehead atoms. The molecule has 0 saturated heterocycles. The second kappa shape index (κ2) is 7.00. The van der Waals surface area contributed by atoms with Crippen LogP contribution in [0.1, 0.15) is 23.8 Å². The van der Waals surface area contributed by atoms with Gasteiger partial charge in [-0.3, -0.25) is 4.79 Å². The van der Waals surface area contributed by atoms with Crippen molar-refractivity contribution in [3.05, 3.63) is 46.8 Å². The zero-order valence-electron chi connectivity index (χ0n) is 11.1. The summed E-state index contributed by atoms with van der Waals surface area (Å²) in [6.07, 6.45) is 2.27. The molecule has 1 aromatic carbocycles. The molecule has 0 radical (unpaired) electrons. The molecule has 1 heterocycles. The quantitative estimate of drug-likeness (QED) is 0.881. The first-order valence-corrected chi connectivity index (χ1v) is 7.11. The first-order valence-electron chi connectivity index (χ1n) is 6.32. The summed E-state index contributed by atoms with van der Waals surface area (Å²) in [5.74, 6) is 0.395. The summed E-state index contributed by atoms with van der Waals surface area (Å²) in [5, 5.41) is 5.92. The molecule has 0 aliphatic carbocycles. The van der Waals surface area contributed by atoms with E-state index in [1.165, 1.54) is 6.33 Å². The average Bonchev–Trinajstić information content (AvgIpc) is 2.45. The second-order valence-electron chi connectivity index (χ2n) is 4.18. The third-order valence-corrected chi connectivity index (χ3v) is 3.03. The van der Waals surface area contributed by atoms with Crippen LogP contribution in [0.3, 0.4) is 0 Å². The second-order valence-corrected chi connectivity index (χ2v) is 5.10. The SMILES string of the molecule is CCCNC(=O)c1cc(Nc2cccc(Br)c2)ncn1. The van der Waals surface area contributed by atoms with E-state index in [4.69, 9.17) is 0 Å². The fraction of sp³-hybridized carbons (Fsp3) is 0.214. The smallest absolute Gasteiger partial charge is 0.270 e. The number of rotatable bonds is 5. The molecule has 0 saturated carbocycles. The Morgan fingerprint density at radius 3 is 2.90 bits per heavy atom. The van der Waals surface area contributed by atoms with Gasteiger partial charge in [-0.2, -0.15) is 0 Å². The van der Waals surface area contributed by atoms with Gasteiger partial charge in [0.05, 0.1) is 0 Å². The number of nitrogens with zero attached hydrogens (tertiary/aromatic N) is 2. The molecule has 6 heteroatoms. The van der Waals surface area contributed by atoms with E-state index in [1.54, 1.807) is 6.07 Å². The van der Waals surface area contributed by atoms with Crippen molar-refractivity contribution in [1.29, 1.82) is 0 Å². The van der Waals surface area contributed by atoms with Crippen LogP contribution in [0.4, 0.5) is 11.5 Å². The molecule has 0 aliphatic heterocycles. The van der Waals surface area contributed by atoms with Crippen LogP contribution >= 0.6 is 15.9 Å². The van der Waals surface area contributed by atoms with Crippen molar-refractivity contribution < 1.29 is 4.79 Å². The number of amides is 1. The van der Waals surface area contributed by atoms with Crippen molar-refractivity contribution in [1.82, 2.24) is 15.3 Å². The molecule has 0 spiro atoms. The van der Waals surface area contributed by atoms with Crippen molar-refractivity contribution in [3.63, 3.8) is 0 Å². The van der Waals surface area contributed by atoms with E-state index in [9.17, 15) is 4.79 Å². The summed E-state index contributed by atoms with van der Waals surface area (Å²) in [5.41, 5.74) is 1.24. The highest BCUT2D eigenvalue weighted by Crippen LogP contribution is 2.19. The van der Waals surface area contributed by atoms with Crippen molar-refractivity contribution in [3.8, 4) is 0 Å². The summed E-state index contributed by atoms with van der Waals surface area (Å²) in [6, 6.07) is 9.34. The summed E-state index contributed by atoms with van der Waals surface area (Å²) in [7, 11) is 0. The van der Waals surface area contributed by atoms with Gasteiger partial charge in [0.25, 0.3) is 5.91 Å². The van der Waals surface area contributed by atoms with E-state index in [0.717, 1.165) is 16.6 Å². The van der Waals surface area contributed by atoms with Crippen molar-refractivity contribution in [2.75, 3.05) is 11.9 Å². The summed E-state index contributed by atoms with van der Waals surface area (Å²) >= 11 is 3.40. The van der Waals surface area contributed by atoms with Gasteiger partial charge < -0.3 is 10.6 Å². The Morgan fingerprint density at radius 2 is 2.15 bits per heavy atom. The minimum Gasteiger partial charge on any atom is -0.351 e. The molecule has 0 unspecified atom stereocenters. The van der Waals surface area contributed by atoms with Gasteiger partial charge in [0.15, 0.2) is 0 Å². The average molecular weight is 335 g/mol. The normalized spacial score (nSPS) is 10.1. The Morgan fingerprint density at radius 1 is 1.30 bits per heavy atom. The molecule has 104 valence electrons. The number of aromatic nitrogens is 2. The number of hydrogen-bond acceptors (Lipinski definition) is 4. The molecule has 2 N–H and O–H groups in total. The van der Waals surface area contributed by atoms with Gasteiger partial charge in [0, 0.05) is 22.8 Å². The van der Waals surface area contributed by atoms with E-state index < -0.39 is 0 Å². The largest absolute Gasteiger partial charge is 0.351 e. The predicted molar refractivity (Wildman–Crippen MR) is 82.1 cm³/mol. The number of benzene rings is 1. The number of halogens is 1. The topological polar surface area (TPSA) is 66.9 Å². The van der Waals surface area contributed by atoms with Crippen molar-refractivity contribution >= 4 is 33.3 Å². The standard InChI is InChI=1S/C14H15BrN4O/c1-2-6-16-14(20)12-8-13(18-9-17-12)19-11-5-3-4-10(15)7-11/h3-5,7-9H,2,6H2,1H3,(H,16,20)(H,17,18,19). The van der Waals surface area contributed by atoms with Gasteiger partial charge in [-0.05, 0) is 24.6 Å². The first kappa shape index (κ1) is 14.5. The Labute approximate surface area is 126 Å². The third kappa shape index (κ3) is 4.03. The van der Waals surface area contributed by atoms with Crippen molar-refractivity contribution in [2.45, 2.75) is 13.3 Å². The minimum absolute atomic E-state index is 0.188. The van der Waals surface area contributed by atoms with E-state index in [-0.39, 0.29) is 5.91 Å². The highest BCUT2D eigenvalue weighted by molar-refractivity contribution is 9.10. The number of hydrogen-bond donors (Lipinski definition) is 2. The molecule has 2 rings (SSSR count). The van der Waals surface area contributed by atoms with Crippen LogP contribution in [0.25, 0.3) is 0 Å². The lowest BCUT2D eigenvalue weighted by Crippen LogP contribution is -2.25. The van der Waals surface area contributed by atoms with Crippen LogP contribution in [-0.4, -0.2) is 22.4 Å². The van der Waals surface area contributed by atoms with Gasteiger partial charge in [0.1, 0.15) is 17.8 Å². The molecule has 1 aromatic heterocycles. The molecule has 0 aliphatic rings. The molecule has 0 fully saturated rings. The fourth-order valence-corrected chi connectivity index (χ4v) is 1.99. The molecule has 5 nitrogen and oxygen atoms in total. The Kier molecular flexibility index (Phi) is 5.06. The molecule has 2 aromatic rings. The Hall–Kier alpha value is -1.95.